The number of hydrogen-bond acceptors (Lipinski definition) is 3. The fraction of sp³-hybridized carbons (Fsp3) is 0.250. The molecule has 0 bridgehead atoms. The Morgan fingerprint density at radius 3 is 2.76 bits per heavy atom. The third-order valence-corrected chi connectivity index (χ3v) is 3.39. The van der Waals surface area contributed by atoms with Crippen molar-refractivity contribution in [1.29, 1.82) is 0 Å². The van der Waals surface area contributed by atoms with Crippen molar-refractivity contribution in [2.45, 2.75) is 22.8 Å². The van der Waals surface area contributed by atoms with E-state index in [0.717, 1.165) is 10.5 Å². The highest BCUT2D eigenvalue weighted by atomic mass is 32.2. The second kappa shape index (κ2) is 4.89. The normalized spacial score (nSPS) is 12.7. The molecule has 5 heteroatoms. The predicted molar refractivity (Wildman–Crippen MR) is 66.3 cm³/mol. The van der Waals surface area contributed by atoms with Gasteiger partial charge < -0.3 is 5.73 Å². The molecule has 90 valence electrons. The van der Waals surface area contributed by atoms with Crippen LogP contribution in [0.15, 0.2) is 40.4 Å². The molecule has 0 fully saturated rings. The van der Waals surface area contributed by atoms with Crippen molar-refractivity contribution < 1.29 is 4.39 Å². The minimum atomic E-state index is -0.242. The number of hydrogen-bond donors (Lipinski definition) is 1. The Hall–Kier alpha value is -1.33. The van der Waals surface area contributed by atoms with E-state index in [1.807, 2.05) is 26.2 Å². The van der Waals surface area contributed by atoms with Gasteiger partial charge in [0.1, 0.15) is 5.82 Å². The lowest BCUT2D eigenvalue weighted by molar-refractivity contribution is 0.596. The zero-order valence-corrected chi connectivity index (χ0v) is 10.5. The fourth-order valence-corrected chi connectivity index (χ4v) is 2.31. The molecular formula is C12H14FN3S. The van der Waals surface area contributed by atoms with Crippen molar-refractivity contribution >= 4 is 11.8 Å². The first-order valence-corrected chi connectivity index (χ1v) is 6.09. The molecule has 1 aromatic carbocycles. The monoisotopic (exact) mass is 251 g/mol. The van der Waals surface area contributed by atoms with Crippen molar-refractivity contribution in [3.05, 3.63) is 42.0 Å². The van der Waals surface area contributed by atoms with E-state index >= 15 is 0 Å². The van der Waals surface area contributed by atoms with Gasteiger partial charge in [0.2, 0.25) is 0 Å². The summed E-state index contributed by atoms with van der Waals surface area (Å²) in [4.78, 5) is 1.50. The van der Waals surface area contributed by atoms with Crippen molar-refractivity contribution in [3.8, 4) is 0 Å². The van der Waals surface area contributed by atoms with Gasteiger partial charge in [-0.3, -0.25) is 4.68 Å². The Morgan fingerprint density at radius 1 is 1.47 bits per heavy atom. The van der Waals surface area contributed by atoms with E-state index < -0.39 is 0 Å². The predicted octanol–water partition coefficient (Wildman–Crippen LogP) is 2.73. The van der Waals surface area contributed by atoms with Crippen LogP contribution in [0.5, 0.6) is 0 Å². The fourth-order valence-electron chi connectivity index (χ4n) is 1.46. The molecule has 0 spiro atoms. The lowest BCUT2D eigenvalue weighted by Gasteiger charge is -2.07. The summed E-state index contributed by atoms with van der Waals surface area (Å²) >= 11 is 1.36. The molecule has 0 aliphatic carbocycles. The Bertz CT molecular complexity index is 522. The quantitative estimate of drug-likeness (QED) is 0.912. The largest absolute Gasteiger partial charge is 0.324 e. The molecule has 0 amide bonds. The molecule has 3 nitrogen and oxygen atoms in total. The van der Waals surface area contributed by atoms with E-state index in [2.05, 4.69) is 5.10 Å². The standard InChI is InChI=1S/C12H14FN3S/c1-8(14)9-3-4-12(11(13)5-9)17-10-6-15-16(2)7-10/h3-8H,14H2,1-2H3. The number of aromatic nitrogens is 2. The Kier molecular flexibility index (Phi) is 3.49. The first-order valence-electron chi connectivity index (χ1n) is 5.28. The van der Waals surface area contributed by atoms with Crippen LogP contribution in [0.2, 0.25) is 0 Å². The maximum absolute atomic E-state index is 13.8. The lowest BCUT2D eigenvalue weighted by atomic mass is 10.1. The molecule has 2 aromatic rings. The van der Waals surface area contributed by atoms with E-state index in [1.54, 1.807) is 16.9 Å². The average molecular weight is 251 g/mol. The van der Waals surface area contributed by atoms with Crippen LogP contribution in [-0.2, 0) is 7.05 Å². The summed E-state index contributed by atoms with van der Waals surface area (Å²) in [5.41, 5.74) is 6.51. The summed E-state index contributed by atoms with van der Waals surface area (Å²) in [5, 5.41) is 4.04. The number of benzene rings is 1. The number of rotatable bonds is 3. The minimum absolute atomic E-state index is 0.151. The van der Waals surface area contributed by atoms with Crippen molar-refractivity contribution in [1.82, 2.24) is 9.78 Å². The van der Waals surface area contributed by atoms with Crippen LogP contribution in [0.25, 0.3) is 0 Å². The lowest BCUT2D eigenvalue weighted by Crippen LogP contribution is -2.05. The van der Waals surface area contributed by atoms with Crippen LogP contribution in [-0.4, -0.2) is 9.78 Å². The summed E-state index contributed by atoms with van der Waals surface area (Å²) in [6.07, 6.45) is 3.56. The molecule has 17 heavy (non-hydrogen) atoms. The van der Waals surface area contributed by atoms with Gasteiger partial charge in [-0.2, -0.15) is 5.10 Å². The Morgan fingerprint density at radius 2 is 2.24 bits per heavy atom. The van der Waals surface area contributed by atoms with Gasteiger partial charge in [0.05, 0.1) is 11.1 Å². The number of halogens is 1. The molecule has 0 aliphatic heterocycles. The SMILES string of the molecule is CC(N)c1ccc(Sc2cnn(C)c2)c(F)c1. The van der Waals surface area contributed by atoms with Crippen LogP contribution in [0.4, 0.5) is 4.39 Å². The summed E-state index contributed by atoms with van der Waals surface area (Å²) in [6, 6.07) is 4.95. The molecule has 1 aromatic heterocycles. The van der Waals surface area contributed by atoms with Crippen molar-refractivity contribution in [3.63, 3.8) is 0 Å². The molecule has 2 N–H and O–H groups in total. The molecule has 0 saturated carbocycles. The number of nitrogens with two attached hydrogens (primary N) is 1. The van der Waals surface area contributed by atoms with Crippen LogP contribution >= 0.6 is 11.8 Å². The Balaban J connectivity index is 2.22. The maximum atomic E-state index is 13.8. The van der Waals surface area contributed by atoms with Gasteiger partial charge in [-0.1, -0.05) is 17.8 Å². The van der Waals surface area contributed by atoms with Gasteiger partial charge in [-0.05, 0) is 24.6 Å². The molecule has 1 unspecified atom stereocenters. The second-order valence-corrected chi connectivity index (χ2v) is 5.05. The van der Waals surface area contributed by atoms with E-state index in [9.17, 15) is 4.39 Å². The van der Waals surface area contributed by atoms with E-state index in [4.69, 9.17) is 5.73 Å². The van der Waals surface area contributed by atoms with Crippen LogP contribution in [0.3, 0.4) is 0 Å². The highest BCUT2D eigenvalue weighted by Crippen LogP contribution is 2.30. The highest BCUT2D eigenvalue weighted by Gasteiger charge is 2.08. The molecule has 0 saturated heterocycles. The van der Waals surface area contributed by atoms with Crippen molar-refractivity contribution in [2.75, 3.05) is 0 Å². The zero-order valence-electron chi connectivity index (χ0n) is 9.72. The molecule has 2 rings (SSSR count). The number of aryl methyl sites for hydroxylation is 1. The maximum Gasteiger partial charge on any atom is 0.137 e. The Labute approximate surface area is 104 Å². The number of nitrogens with zero attached hydrogens (tertiary/aromatic N) is 2. The molecule has 1 atom stereocenters. The molecule has 0 aliphatic rings. The summed E-state index contributed by atoms with van der Waals surface area (Å²) in [7, 11) is 1.83. The van der Waals surface area contributed by atoms with Crippen LogP contribution in [0, 0.1) is 5.82 Å². The first kappa shape index (κ1) is 12.1. The van der Waals surface area contributed by atoms with Gasteiger partial charge in [-0.15, -0.1) is 0 Å². The first-order chi connectivity index (χ1) is 8.06. The molecule has 1 heterocycles. The van der Waals surface area contributed by atoms with Crippen LogP contribution < -0.4 is 5.73 Å². The van der Waals surface area contributed by atoms with E-state index in [-0.39, 0.29) is 11.9 Å². The van der Waals surface area contributed by atoms with Gasteiger partial charge in [0.15, 0.2) is 0 Å². The third kappa shape index (κ3) is 2.87. The summed E-state index contributed by atoms with van der Waals surface area (Å²) < 4.78 is 15.5. The van der Waals surface area contributed by atoms with E-state index in [1.165, 1.54) is 17.8 Å². The minimum Gasteiger partial charge on any atom is -0.324 e. The average Bonchev–Trinajstić information content (AvgIpc) is 2.67. The second-order valence-electron chi connectivity index (χ2n) is 3.93. The third-order valence-electron chi connectivity index (χ3n) is 2.39. The molecular weight excluding hydrogens is 237 g/mol. The van der Waals surface area contributed by atoms with E-state index in [0.29, 0.717) is 4.90 Å². The van der Waals surface area contributed by atoms with Gasteiger partial charge in [0.25, 0.3) is 0 Å². The molecule has 0 radical (unpaired) electrons. The smallest absolute Gasteiger partial charge is 0.137 e. The van der Waals surface area contributed by atoms with Gasteiger partial charge in [-0.25, -0.2) is 4.39 Å². The van der Waals surface area contributed by atoms with Crippen molar-refractivity contribution in [2.24, 2.45) is 12.8 Å². The topological polar surface area (TPSA) is 43.8 Å². The summed E-state index contributed by atoms with van der Waals surface area (Å²) in [5.74, 6) is -0.242. The van der Waals surface area contributed by atoms with Gasteiger partial charge >= 0.3 is 0 Å². The van der Waals surface area contributed by atoms with Crippen LogP contribution in [0.1, 0.15) is 18.5 Å². The highest BCUT2D eigenvalue weighted by molar-refractivity contribution is 7.99. The zero-order chi connectivity index (χ0) is 12.4. The summed E-state index contributed by atoms with van der Waals surface area (Å²) in [6.45, 7) is 1.84. The van der Waals surface area contributed by atoms with Gasteiger partial charge in [0, 0.05) is 24.2 Å².